The van der Waals surface area contributed by atoms with Crippen LogP contribution in [0.5, 0.6) is 0 Å². The molecule has 0 aliphatic heterocycles. The Labute approximate surface area is 90.3 Å². The molecule has 5 nitrogen and oxygen atoms in total. The number of aromatic nitrogens is 3. The Morgan fingerprint density at radius 3 is 2.07 bits per heavy atom. The summed E-state index contributed by atoms with van der Waals surface area (Å²) in [6, 6.07) is 0. The Hall–Kier alpha value is -1.39. The van der Waals surface area contributed by atoms with E-state index in [1.807, 2.05) is 0 Å². The minimum atomic E-state index is 0.214. The van der Waals surface area contributed by atoms with Gasteiger partial charge >= 0.3 is 0 Å². The Morgan fingerprint density at radius 2 is 1.47 bits per heavy atom. The highest BCUT2D eigenvalue weighted by molar-refractivity contribution is 5.25. The van der Waals surface area contributed by atoms with Gasteiger partial charge in [-0.15, -0.1) is 0 Å². The quantitative estimate of drug-likeness (QED) is 0.693. The molecule has 0 aliphatic rings. The first kappa shape index (κ1) is 11.7. The number of rotatable bonds is 6. The van der Waals surface area contributed by atoms with E-state index in [-0.39, 0.29) is 11.9 Å². The van der Waals surface area contributed by atoms with E-state index in [4.69, 9.17) is 11.5 Å². The van der Waals surface area contributed by atoms with Crippen LogP contribution in [0.2, 0.25) is 0 Å². The van der Waals surface area contributed by atoms with E-state index in [0.717, 1.165) is 12.8 Å². The van der Waals surface area contributed by atoms with E-state index in [0.29, 0.717) is 5.82 Å². The van der Waals surface area contributed by atoms with Crippen LogP contribution in [0.15, 0.2) is 0 Å². The first-order chi connectivity index (χ1) is 7.22. The maximum absolute atomic E-state index is 5.47. The SMILES string of the molecule is CCCCCCCc1nc(N)nc(N)n1. The number of anilines is 2. The van der Waals surface area contributed by atoms with Crippen LogP contribution in [-0.4, -0.2) is 15.0 Å². The van der Waals surface area contributed by atoms with Gasteiger partial charge < -0.3 is 11.5 Å². The van der Waals surface area contributed by atoms with Crippen LogP contribution in [0, 0.1) is 0 Å². The van der Waals surface area contributed by atoms with Crippen molar-refractivity contribution in [3.63, 3.8) is 0 Å². The first-order valence-electron chi connectivity index (χ1n) is 5.48. The number of hydrogen-bond acceptors (Lipinski definition) is 5. The number of unbranched alkanes of at least 4 members (excludes halogenated alkanes) is 4. The standard InChI is InChI=1S/C10H19N5/c1-2-3-4-5-6-7-8-13-9(11)15-10(12)14-8/h2-7H2,1H3,(H4,11,12,13,14,15). The summed E-state index contributed by atoms with van der Waals surface area (Å²) < 4.78 is 0. The van der Waals surface area contributed by atoms with Gasteiger partial charge in [0.25, 0.3) is 0 Å². The maximum Gasteiger partial charge on any atom is 0.225 e. The van der Waals surface area contributed by atoms with Crippen LogP contribution >= 0.6 is 0 Å². The molecule has 0 unspecified atom stereocenters. The molecule has 1 aromatic rings. The van der Waals surface area contributed by atoms with E-state index in [2.05, 4.69) is 21.9 Å². The van der Waals surface area contributed by atoms with Crippen molar-refractivity contribution in [2.24, 2.45) is 0 Å². The molecule has 0 saturated carbocycles. The number of hydrogen-bond donors (Lipinski definition) is 2. The molecule has 0 aliphatic carbocycles. The summed E-state index contributed by atoms with van der Waals surface area (Å²) >= 11 is 0. The minimum Gasteiger partial charge on any atom is -0.368 e. The normalized spacial score (nSPS) is 10.5. The predicted octanol–water partition coefficient (Wildman–Crippen LogP) is 1.55. The van der Waals surface area contributed by atoms with Crippen molar-refractivity contribution >= 4 is 11.9 Å². The Balaban J connectivity index is 2.31. The van der Waals surface area contributed by atoms with Crippen LogP contribution in [0.1, 0.15) is 44.9 Å². The molecule has 1 rings (SSSR count). The third-order valence-corrected chi connectivity index (χ3v) is 2.22. The Bertz CT molecular complexity index is 280. The zero-order valence-corrected chi connectivity index (χ0v) is 9.24. The van der Waals surface area contributed by atoms with Crippen LogP contribution in [0.25, 0.3) is 0 Å². The number of aryl methyl sites for hydroxylation is 1. The Morgan fingerprint density at radius 1 is 0.867 bits per heavy atom. The van der Waals surface area contributed by atoms with Crippen molar-refractivity contribution in [1.29, 1.82) is 0 Å². The molecule has 0 amide bonds. The predicted molar refractivity (Wildman–Crippen MR) is 61.1 cm³/mol. The molecule has 1 heterocycles. The lowest BCUT2D eigenvalue weighted by atomic mass is 10.1. The van der Waals surface area contributed by atoms with Crippen molar-refractivity contribution in [1.82, 2.24) is 15.0 Å². The molecule has 0 spiro atoms. The second-order valence-electron chi connectivity index (χ2n) is 3.63. The smallest absolute Gasteiger partial charge is 0.225 e. The van der Waals surface area contributed by atoms with Gasteiger partial charge in [-0.1, -0.05) is 32.6 Å². The fraction of sp³-hybridized carbons (Fsp3) is 0.700. The zero-order chi connectivity index (χ0) is 11.1. The number of nitrogens with two attached hydrogens (primary N) is 2. The summed E-state index contributed by atoms with van der Waals surface area (Å²) in [5, 5.41) is 0. The van der Waals surface area contributed by atoms with E-state index in [1.54, 1.807) is 0 Å². The van der Waals surface area contributed by atoms with Gasteiger partial charge in [0.2, 0.25) is 11.9 Å². The van der Waals surface area contributed by atoms with Gasteiger partial charge in [-0.3, -0.25) is 0 Å². The first-order valence-corrected chi connectivity index (χ1v) is 5.48. The van der Waals surface area contributed by atoms with E-state index >= 15 is 0 Å². The van der Waals surface area contributed by atoms with Crippen molar-refractivity contribution in [3.8, 4) is 0 Å². The fourth-order valence-electron chi connectivity index (χ4n) is 1.46. The molecule has 0 radical (unpaired) electrons. The highest BCUT2D eigenvalue weighted by atomic mass is 15.1. The van der Waals surface area contributed by atoms with E-state index in [9.17, 15) is 0 Å². The maximum atomic E-state index is 5.47. The molecular weight excluding hydrogens is 190 g/mol. The average molecular weight is 209 g/mol. The fourth-order valence-corrected chi connectivity index (χ4v) is 1.46. The van der Waals surface area contributed by atoms with Gasteiger partial charge in [-0.2, -0.15) is 15.0 Å². The topological polar surface area (TPSA) is 90.7 Å². The van der Waals surface area contributed by atoms with Gasteiger partial charge in [0.1, 0.15) is 5.82 Å². The van der Waals surface area contributed by atoms with Gasteiger partial charge in [0.05, 0.1) is 0 Å². The monoisotopic (exact) mass is 209 g/mol. The second kappa shape index (κ2) is 6.16. The van der Waals surface area contributed by atoms with Crippen molar-refractivity contribution in [2.75, 3.05) is 11.5 Å². The van der Waals surface area contributed by atoms with Crippen molar-refractivity contribution in [3.05, 3.63) is 5.82 Å². The molecule has 0 atom stereocenters. The van der Waals surface area contributed by atoms with E-state index < -0.39 is 0 Å². The molecule has 5 heteroatoms. The van der Waals surface area contributed by atoms with Crippen LogP contribution in [-0.2, 0) is 6.42 Å². The zero-order valence-electron chi connectivity index (χ0n) is 9.24. The van der Waals surface area contributed by atoms with Crippen molar-refractivity contribution < 1.29 is 0 Å². The number of nitrogens with zero attached hydrogens (tertiary/aromatic N) is 3. The third-order valence-electron chi connectivity index (χ3n) is 2.22. The molecule has 4 N–H and O–H groups in total. The molecule has 0 fully saturated rings. The summed E-state index contributed by atoms with van der Waals surface area (Å²) in [5.74, 6) is 1.13. The second-order valence-corrected chi connectivity index (χ2v) is 3.63. The molecule has 84 valence electrons. The summed E-state index contributed by atoms with van der Waals surface area (Å²) in [4.78, 5) is 11.8. The Kier molecular flexibility index (Phi) is 4.80. The van der Waals surface area contributed by atoms with Crippen LogP contribution in [0.3, 0.4) is 0 Å². The van der Waals surface area contributed by atoms with Gasteiger partial charge in [0.15, 0.2) is 0 Å². The summed E-state index contributed by atoms with van der Waals surface area (Å²) in [5.41, 5.74) is 10.9. The highest BCUT2D eigenvalue weighted by Crippen LogP contribution is 2.07. The lowest BCUT2D eigenvalue weighted by Gasteiger charge is -2.01. The molecule has 1 aromatic heterocycles. The molecule has 15 heavy (non-hydrogen) atoms. The summed E-state index contributed by atoms with van der Waals surface area (Å²) in [7, 11) is 0. The summed E-state index contributed by atoms with van der Waals surface area (Å²) in [6.07, 6.45) is 6.95. The molecule has 0 bridgehead atoms. The van der Waals surface area contributed by atoms with Gasteiger partial charge in [-0.25, -0.2) is 0 Å². The largest absolute Gasteiger partial charge is 0.368 e. The van der Waals surface area contributed by atoms with Crippen LogP contribution < -0.4 is 11.5 Å². The van der Waals surface area contributed by atoms with Crippen LogP contribution in [0.4, 0.5) is 11.9 Å². The van der Waals surface area contributed by atoms with Gasteiger partial charge in [-0.05, 0) is 6.42 Å². The van der Waals surface area contributed by atoms with Crippen molar-refractivity contribution in [2.45, 2.75) is 45.4 Å². The highest BCUT2D eigenvalue weighted by Gasteiger charge is 2.01. The third kappa shape index (κ3) is 4.58. The lowest BCUT2D eigenvalue weighted by Crippen LogP contribution is -2.06. The summed E-state index contributed by atoms with van der Waals surface area (Å²) in [6.45, 7) is 2.20. The van der Waals surface area contributed by atoms with Gasteiger partial charge in [0, 0.05) is 6.42 Å². The molecular formula is C10H19N5. The lowest BCUT2D eigenvalue weighted by molar-refractivity contribution is 0.622. The number of nitrogen functional groups attached to an aromatic ring is 2. The molecule has 0 aromatic carbocycles. The average Bonchev–Trinajstić information content (AvgIpc) is 2.16. The minimum absolute atomic E-state index is 0.214. The van der Waals surface area contributed by atoms with E-state index in [1.165, 1.54) is 25.7 Å². The molecule has 0 saturated heterocycles.